The summed E-state index contributed by atoms with van der Waals surface area (Å²) in [6.07, 6.45) is 1.51. The van der Waals surface area contributed by atoms with Crippen LogP contribution in [0.5, 0.6) is 0 Å². The molecule has 0 bridgehead atoms. The molecule has 20 heavy (non-hydrogen) atoms. The van der Waals surface area contributed by atoms with Crippen LogP contribution in [0.25, 0.3) is 11.0 Å². The Bertz CT molecular complexity index is 599. The van der Waals surface area contributed by atoms with Crippen molar-refractivity contribution < 1.29 is 13.9 Å². The monoisotopic (exact) mass is 339 g/mol. The Morgan fingerprint density at radius 2 is 2.05 bits per heavy atom. The van der Waals surface area contributed by atoms with Gasteiger partial charge in [-0.25, -0.2) is 4.39 Å². The molecule has 1 aromatic carbocycles. The predicted octanol–water partition coefficient (Wildman–Crippen LogP) is 3.55. The molecule has 0 aliphatic carbocycles. The topological polar surface area (TPSA) is 45.4 Å². The van der Waals surface area contributed by atoms with E-state index < -0.39 is 22.1 Å². The first kappa shape index (κ1) is 15.9. The molecule has 0 amide bonds. The van der Waals surface area contributed by atoms with E-state index in [-0.39, 0.29) is 5.56 Å². The number of hydrogen-bond donors (Lipinski definition) is 2. The van der Waals surface area contributed by atoms with Crippen LogP contribution >= 0.6 is 34.8 Å². The molecule has 1 aromatic heterocycles. The predicted molar refractivity (Wildman–Crippen MR) is 79.2 cm³/mol. The van der Waals surface area contributed by atoms with E-state index in [0.717, 1.165) is 5.39 Å². The normalized spacial score (nSPS) is 17.1. The first-order valence-corrected chi connectivity index (χ1v) is 6.96. The van der Waals surface area contributed by atoms with Gasteiger partial charge in [0, 0.05) is 5.39 Å². The number of halogens is 4. The Kier molecular flexibility index (Phi) is 4.52. The van der Waals surface area contributed by atoms with Crippen LogP contribution in [0.1, 0.15) is 5.56 Å². The molecule has 0 aliphatic rings. The van der Waals surface area contributed by atoms with Crippen molar-refractivity contribution in [2.24, 2.45) is 0 Å². The van der Waals surface area contributed by atoms with Crippen LogP contribution in [-0.4, -0.2) is 28.7 Å². The summed E-state index contributed by atoms with van der Waals surface area (Å²) in [5.41, 5.74) is -1.19. The molecule has 0 saturated heterocycles. The zero-order chi connectivity index (χ0) is 15.0. The molecule has 2 N–H and O–H groups in total. The molecular formula is C13H13Cl3FNO2. The van der Waals surface area contributed by atoms with Gasteiger partial charge in [-0.15, -0.1) is 0 Å². The van der Waals surface area contributed by atoms with Gasteiger partial charge in [-0.1, -0.05) is 46.9 Å². The van der Waals surface area contributed by atoms with E-state index in [2.05, 4.69) is 5.32 Å². The van der Waals surface area contributed by atoms with Crippen molar-refractivity contribution in [1.82, 2.24) is 5.32 Å². The number of nitrogens with one attached hydrogen (secondary N) is 1. The fourth-order valence-corrected chi connectivity index (χ4v) is 3.09. The molecule has 0 fully saturated rings. The van der Waals surface area contributed by atoms with E-state index in [1.807, 2.05) is 0 Å². The minimum atomic E-state index is -1.99. The van der Waals surface area contributed by atoms with E-state index in [4.69, 9.17) is 39.2 Å². The summed E-state index contributed by atoms with van der Waals surface area (Å²) >= 11 is 17.5. The van der Waals surface area contributed by atoms with Crippen LogP contribution in [0.3, 0.4) is 0 Å². The molecule has 0 saturated carbocycles. The van der Waals surface area contributed by atoms with Crippen molar-refractivity contribution in [1.29, 1.82) is 0 Å². The average Bonchev–Trinajstić information content (AvgIpc) is 2.84. The molecule has 2 unspecified atom stereocenters. The van der Waals surface area contributed by atoms with Crippen molar-refractivity contribution in [3.8, 4) is 0 Å². The molecule has 2 aromatic rings. The lowest BCUT2D eigenvalue weighted by molar-refractivity contribution is -0.0217. The van der Waals surface area contributed by atoms with Crippen LogP contribution < -0.4 is 5.32 Å². The zero-order valence-corrected chi connectivity index (χ0v) is 12.8. The molecule has 2 atom stereocenters. The minimum absolute atomic E-state index is 0.271. The first-order valence-electron chi connectivity index (χ1n) is 5.83. The number of rotatable bonds is 4. The summed E-state index contributed by atoms with van der Waals surface area (Å²) in [7, 11) is 1.48. The second-order valence-corrected chi connectivity index (χ2v) is 6.86. The Morgan fingerprint density at radius 3 is 2.60 bits per heavy atom. The van der Waals surface area contributed by atoms with Gasteiger partial charge in [0.2, 0.25) is 3.79 Å². The van der Waals surface area contributed by atoms with Crippen LogP contribution in [0.2, 0.25) is 0 Å². The van der Waals surface area contributed by atoms with E-state index in [1.54, 1.807) is 18.2 Å². The van der Waals surface area contributed by atoms with Gasteiger partial charge in [0.05, 0.1) is 12.3 Å². The summed E-state index contributed by atoms with van der Waals surface area (Å²) < 4.78 is 16.9. The summed E-state index contributed by atoms with van der Waals surface area (Å²) in [6.45, 7) is -1.11. The van der Waals surface area contributed by atoms with Gasteiger partial charge < -0.3 is 14.8 Å². The summed E-state index contributed by atoms with van der Waals surface area (Å²) in [6, 6.07) is 5.46. The molecule has 0 aliphatic heterocycles. The minimum Gasteiger partial charge on any atom is -0.464 e. The molecule has 0 spiro atoms. The maximum atomic E-state index is 13.5. The van der Waals surface area contributed by atoms with E-state index in [9.17, 15) is 9.50 Å². The van der Waals surface area contributed by atoms with Crippen LogP contribution in [-0.2, 0) is 5.60 Å². The highest BCUT2D eigenvalue weighted by Gasteiger charge is 2.49. The van der Waals surface area contributed by atoms with Crippen LogP contribution in [0.4, 0.5) is 4.39 Å². The molecule has 3 nitrogen and oxygen atoms in total. The van der Waals surface area contributed by atoms with Crippen molar-refractivity contribution in [3.63, 3.8) is 0 Å². The molecule has 0 radical (unpaired) electrons. The third-order valence-corrected chi connectivity index (χ3v) is 3.91. The van der Waals surface area contributed by atoms with Crippen molar-refractivity contribution in [2.75, 3.05) is 13.7 Å². The lowest BCUT2D eigenvalue weighted by Gasteiger charge is -2.38. The van der Waals surface area contributed by atoms with Crippen LogP contribution in [0.15, 0.2) is 34.9 Å². The number of benzene rings is 1. The number of aliphatic hydroxyl groups is 1. The average molecular weight is 341 g/mol. The maximum Gasteiger partial charge on any atom is 0.208 e. The smallest absolute Gasteiger partial charge is 0.208 e. The molecular weight excluding hydrogens is 328 g/mol. The second-order valence-electron chi connectivity index (χ2n) is 4.49. The Morgan fingerprint density at radius 1 is 1.35 bits per heavy atom. The maximum absolute atomic E-state index is 13.5. The summed E-state index contributed by atoms with van der Waals surface area (Å²) in [5, 5.41) is 14.1. The Labute approximate surface area is 130 Å². The van der Waals surface area contributed by atoms with Gasteiger partial charge in [0.25, 0.3) is 0 Å². The van der Waals surface area contributed by atoms with Gasteiger partial charge in [0.15, 0.2) is 0 Å². The highest BCUT2D eigenvalue weighted by atomic mass is 35.6. The fourth-order valence-electron chi connectivity index (χ4n) is 2.22. The Hall–Kier alpha value is -0.520. The standard InChI is InChI=1S/C13H13Cl3FNO2/c1-18-11(13(14,15)16)12(19,7-17)9-3-2-8-4-5-20-10(8)6-9/h2-6,11,18-19H,7H2,1H3. The largest absolute Gasteiger partial charge is 0.464 e. The Balaban J connectivity index is 2.53. The number of likely N-dealkylation sites (N-methyl/N-ethyl adjacent to an activating group) is 1. The van der Waals surface area contributed by atoms with Gasteiger partial charge in [-0.05, 0) is 24.7 Å². The molecule has 1 heterocycles. The number of fused-ring (bicyclic) bond motifs is 1. The quantitative estimate of drug-likeness (QED) is 0.837. The van der Waals surface area contributed by atoms with Crippen molar-refractivity contribution in [3.05, 3.63) is 36.1 Å². The van der Waals surface area contributed by atoms with Gasteiger partial charge in [-0.3, -0.25) is 0 Å². The SMILES string of the molecule is CNC(C(Cl)(Cl)Cl)C(O)(CF)c1ccc2ccoc2c1. The lowest BCUT2D eigenvalue weighted by Crippen LogP contribution is -2.56. The second kappa shape index (κ2) is 5.70. The van der Waals surface area contributed by atoms with Gasteiger partial charge >= 0.3 is 0 Å². The first-order chi connectivity index (χ1) is 9.32. The highest BCUT2D eigenvalue weighted by Crippen LogP contribution is 2.41. The van der Waals surface area contributed by atoms with Crippen molar-refractivity contribution in [2.45, 2.75) is 15.4 Å². The van der Waals surface area contributed by atoms with Gasteiger partial charge in [-0.2, -0.15) is 0 Å². The fraction of sp³-hybridized carbons (Fsp3) is 0.385. The molecule has 7 heteroatoms. The molecule has 110 valence electrons. The van der Waals surface area contributed by atoms with Crippen molar-refractivity contribution >= 4 is 45.8 Å². The van der Waals surface area contributed by atoms with E-state index in [0.29, 0.717) is 5.58 Å². The number of furan rings is 1. The number of hydrogen-bond acceptors (Lipinski definition) is 3. The third kappa shape index (κ3) is 2.76. The zero-order valence-electron chi connectivity index (χ0n) is 10.5. The number of alkyl halides is 4. The van der Waals surface area contributed by atoms with Gasteiger partial charge in [0.1, 0.15) is 17.9 Å². The van der Waals surface area contributed by atoms with Crippen LogP contribution in [0, 0.1) is 0 Å². The summed E-state index contributed by atoms with van der Waals surface area (Å²) in [4.78, 5) is 0. The van der Waals surface area contributed by atoms with E-state index >= 15 is 0 Å². The molecule has 2 rings (SSSR count). The lowest BCUT2D eigenvalue weighted by atomic mass is 9.87. The highest BCUT2D eigenvalue weighted by molar-refractivity contribution is 6.68. The van der Waals surface area contributed by atoms with E-state index in [1.165, 1.54) is 19.4 Å². The summed E-state index contributed by atoms with van der Waals surface area (Å²) in [5.74, 6) is 0. The third-order valence-electron chi connectivity index (χ3n) is 3.25.